The van der Waals surface area contributed by atoms with Crippen molar-refractivity contribution in [2.24, 2.45) is 5.73 Å². The predicted molar refractivity (Wildman–Crippen MR) is 64.5 cm³/mol. The van der Waals surface area contributed by atoms with Gasteiger partial charge in [0.1, 0.15) is 0 Å². The minimum atomic E-state index is -0.353. The van der Waals surface area contributed by atoms with Gasteiger partial charge in [0, 0.05) is 23.4 Å². The van der Waals surface area contributed by atoms with Crippen LogP contribution in [0.1, 0.15) is 23.2 Å². The van der Waals surface area contributed by atoms with Crippen LogP contribution in [0.25, 0.3) is 0 Å². The molecule has 86 valence electrons. The molecule has 0 atom stereocenters. The number of nitrogens with one attached hydrogen (secondary N) is 1. The Morgan fingerprint density at radius 2 is 1.88 bits per heavy atom. The summed E-state index contributed by atoms with van der Waals surface area (Å²) in [5, 5.41) is 2.70. The van der Waals surface area contributed by atoms with E-state index in [2.05, 4.69) is 17.9 Å². The zero-order chi connectivity index (χ0) is 12.0. The van der Waals surface area contributed by atoms with Gasteiger partial charge in [0.2, 0.25) is 5.91 Å². The van der Waals surface area contributed by atoms with Gasteiger partial charge in [0.25, 0.3) is 5.91 Å². The minimum absolute atomic E-state index is 0.155. The number of thiol groups is 1. The molecule has 1 rings (SSSR count). The number of rotatable bonds is 5. The minimum Gasteiger partial charge on any atom is -0.370 e. The molecule has 1 aromatic carbocycles. The van der Waals surface area contributed by atoms with Crippen LogP contribution in [0.3, 0.4) is 0 Å². The zero-order valence-electron chi connectivity index (χ0n) is 8.77. The molecule has 0 radical (unpaired) electrons. The fourth-order valence-corrected chi connectivity index (χ4v) is 1.33. The van der Waals surface area contributed by atoms with E-state index in [1.165, 1.54) is 0 Å². The standard InChI is InChI=1S/C11H14N2O2S/c12-10(14)2-1-7-13-11(15)8-3-5-9(16)6-4-8/h3-6,16H,1-2,7H2,(H2,12,14)(H,13,15). The second-order valence-electron chi connectivity index (χ2n) is 3.37. The van der Waals surface area contributed by atoms with Gasteiger partial charge in [-0.25, -0.2) is 0 Å². The lowest BCUT2D eigenvalue weighted by atomic mass is 10.2. The highest BCUT2D eigenvalue weighted by molar-refractivity contribution is 7.80. The van der Waals surface area contributed by atoms with Crippen molar-refractivity contribution in [1.29, 1.82) is 0 Å². The van der Waals surface area contributed by atoms with Crippen LogP contribution in [0.2, 0.25) is 0 Å². The van der Waals surface area contributed by atoms with E-state index in [4.69, 9.17) is 5.73 Å². The van der Waals surface area contributed by atoms with E-state index in [1.54, 1.807) is 24.3 Å². The van der Waals surface area contributed by atoms with E-state index in [1.807, 2.05) is 0 Å². The number of carbonyl (C=O) groups is 2. The number of carbonyl (C=O) groups excluding carboxylic acids is 2. The summed E-state index contributed by atoms with van der Waals surface area (Å²) in [6, 6.07) is 6.90. The van der Waals surface area contributed by atoms with Gasteiger partial charge in [0.15, 0.2) is 0 Å². The summed E-state index contributed by atoms with van der Waals surface area (Å²) in [5.41, 5.74) is 5.56. The van der Waals surface area contributed by atoms with Crippen molar-refractivity contribution in [3.05, 3.63) is 29.8 Å². The van der Waals surface area contributed by atoms with Crippen LogP contribution in [-0.4, -0.2) is 18.4 Å². The second-order valence-corrected chi connectivity index (χ2v) is 3.89. The number of hydrogen-bond acceptors (Lipinski definition) is 3. The van der Waals surface area contributed by atoms with Gasteiger partial charge in [-0.15, -0.1) is 12.6 Å². The van der Waals surface area contributed by atoms with E-state index in [-0.39, 0.29) is 18.2 Å². The van der Waals surface area contributed by atoms with Crippen molar-refractivity contribution < 1.29 is 9.59 Å². The van der Waals surface area contributed by atoms with Gasteiger partial charge in [-0.1, -0.05) is 0 Å². The van der Waals surface area contributed by atoms with Crippen molar-refractivity contribution in [3.8, 4) is 0 Å². The molecular weight excluding hydrogens is 224 g/mol. The predicted octanol–water partition coefficient (Wildman–Crippen LogP) is 0.971. The molecule has 2 amide bonds. The summed E-state index contributed by atoms with van der Waals surface area (Å²) in [6.45, 7) is 0.449. The van der Waals surface area contributed by atoms with Crippen molar-refractivity contribution >= 4 is 24.4 Å². The number of amides is 2. The van der Waals surface area contributed by atoms with Gasteiger partial charge in [-0.3, -0.25) is 9.59 Å². The van der Waals surface area contributed by atoms with E-state index >= 15 is 0 Å². The lowest BCUT2D eigenvalue weighted by Crippen LogP contribution is -2.25. The maximum atomic E-state index is 11.5. The first kappa shape index (κ1) is 12.6. The molecule has 0 aliphatic heterocycles. The van der Waals surface area contributed by atoms with Gasteiger partial charge in [-0.2, -0.15) is 0 Å². The fourth-order valence-electron chi connectivity index (χ4n) is 1.18. The molecule has 0 aliphatic carbocycles. The maximum Gasteiger partial charge on any atom is 0.251 e. The van der Waals surface area contributed by atoms with E-state index in [0.29, 0.717) is 18.5 Å². The monoisotopic (exact) mass is 238 g/mol. The molecule has 0 spiro atoms. The smallest absolute Gasteiger partial charge is 0.251 e. The maximum absolute atomic E-state index is 11.5. The van der Waals surface area contributed by atoms with Gasteiger partial charge >= 0.3 is 0 Å². The molecule has 4 nitrogen and oxygen atoms in total. The van der Waals surface area contributed by atoms with Crippen LogP contribution >= 0.6 is 12.6 Å². The normalized spacial score (nSPS) is 9.81. The lowest BCUT2D eigenvalue weighted by Gasteiger charge is -2.04. The van der Waals surface area contributed by atoms with Crippen molar-refractivity contribution in [1.82, 2.24) is 5.32 Å². The molecule has 0 heterocycles. The van der Waals surface area contributed by atoms with Crippen molar-refractivity contribution in [2.75, 3.05) is 6.54 Å². The molecule has 0 aliphatic rings. The SMILES string of the molecule is NC(=O)CCCNC(=O)c1ccc(S)cc1. The molecule has 1 aromatic rings. The van der Waals surface area contributed by atoms with Gasteiger partial charge in [0.05, 0.1) is 0 Å². The summed E-state index contributed by atoms with van der Waals surface area (Å²) >= 11 is 4.13. The number of hydrogen-bond donors (Lipinski definition) is 3. The Kier molecular flexibility index (Phi) is 4.85. The molecule has 0 bridgehead atoms. The molecule has 0 unspecified atom stereocenters. The van der Waals surface area contributed by atoms with Gasteiger partial charge < -0.3 is 11.1 Å². The second kappa shape index (κ2) is 6.17. The summed E-state index contributed by atoms with van der Waals surface area (Å²) in [5.74, 6) is -0.508. The quantitative estimate of drug-likeness (QED) is 0.528. The Labute approximate surface area is 99.6 Å². The highest BCUT2D eigenvalue weighted by atomic mass is 32.1. The Morgan fingerprint density at radius 3 is 2.44 bits per heavy atom. The molecule has 0 saturated heterocycles. The number of nitrogens with two attached hydrogens (primary N) is 1. The van der Waals surface area contributed by atoms with Crippen LogP contribution in [-0.2, 0) is 4.79 Å². The number of primary amides is 1. The molecular formula is C11H14N2O2S. The summed E-state index contributed by atoms with van der Waals surface area (Å²) in [6.07, 6.45) is 0.849. The Hall–Kier alpha value is -1.49. The Balaban J connectivity index is 2.35. The molecule has 3 N–H and O–H groups in total. The highest BCUT2D eigenvalue weighted by Gasteiger charge is 2.04. The van der Waals surface area contributed by atoms with Crippen molar-refractivity contribution in [3.63, 3.8) is 0 Å². The fraction of sp³-hybridized carbons (Fsp3) is 0.273. The first-order valence-corrected chi connectivity index (χ1v) is 5.40. The summed E-state index contributed by atoms with van der Waals surface area (Å²) in [7, 11) is 0. The van der Waals surface area contributed by atoms with E-state index in [9.17, 15) is 9.59 Å². The lowest BCUT2D eigenvalue weighted by molar-refractivity contribution is -0.118. The molecule has 5 heteroatoms. The average molecular weight is 238 g/mol. The molecule has 16 heavy (non-hydrogen) atoms. The summed E-state index contributed by atoms with van der Waals surface area (Å²) in [4.78, 5) is 22.8. The largest absolute Gasteiger partial charge is 0.370 e. The van der Waals surface area contributed by atoms with Crippen LogP contribution in [0, 0.1) is 0 Å². The first-order valence-electron chi connectivity index (χ1n) is 4.95. The average Bonchev–Trinajstić information content (AvgIpc) is 2.25. The molecule has 0 saturated carbocycles. The molecule has 0 fully saturated rings. The third kappa shape index (κ3) is 4.35. The van der Waals surface area contributed by atoms with Crippen LogP contribution in [0.5, 0.6) is 0 Å². The summed E-state index contributed by atoms with van der Waals surface area (Å²) < 4.78 is 0. The third-order valence-corrected chi connectivity index (χ3v) is 2.31. The Bertz CT molecular complexity index is 376. The number of benzene rings is 1. The van der Waals surface area contributed by atoms with Crippen LogP contribution in [0.4, 0.5) is 0 Å². The van der Waals surface area contributed by atoms with Gasteiger partial charge in [-0.05, 0) is 30.7 Å². The topological polar surface area (TPSA) is 72.2 Å². The highest BCUT2D eigenvalue weighted by Crippen LogP contribution is 2.07. The molecule has 0 aromatic heterocycles. The Morgan fingerprint density at radius 1 is 1.25 bits per heavy atom. The van der Waals surface area contributed by atoms with Crippen molar-refractivity contribution in [2.45, 2.75) is 17.7 Å². The third-order valence-electron chi connectivity index (χ3n) is 2.02. The van der Waals surface area contributed by atoms with E-state index < -0.39 is 0 Å². The van der Waals surface area contributed by atoms with Crippen LogP contribution in [0.15, 0.2) is 29.2 Å². The van der Waals surface area contributed by atoms with E-state index in [0.717, 1.165) is 4.90 Å². The van der Waals surface area contributed by atoms with Crippen LogP contribution < -0.4 is 11.1 Å². The first-order chi connectivity index (χ1) is 7.59. The zero-order valence-corrected chi connectivity index (χ0v) is 9.67.